The third kappa shape index (κ3) is 4.96. The molecular formula is C17H22BrNO4. The van der Waals surface area contributed by atoms with Crippen LogP contribution in [-0.4, -0.2) is 40.3 Å². The fourth-order valence-electron chi connectivity index (χ4n) is 2.82. The van der Waals surface area contributed by atoms with Gasteiger partial charge in [0.2, 0.25) is 0 Å². The van der Waals surface area contributed by atoms with Gasteiger partial charge in [0.05, 0.1) is 0 Å². The van der Waals surface area contributed by atoms with Gasteiger partial charge in [-0.1, -0.05) is 28.1 Å². The summed E-state index contributed by atoms with van der Waals surface area (Å²) in [7, 11) is 0. The number of hydrogen-bond acceptors (Lipinski definition) is 3. The van der Waals surface area contributed by atoms with E-state index in [0.29, 0.717) is 13.0 Å². The van der Waals surface area contributed by atoms with E-state index in [1.54, 1.807) is 20.8 Å². The molecule has 6 heteroatoms. The zero-order valence-corrected chi connectivity index (χ0v) is 15.2. The van der Waals surface area contributed by atoms with Crippen molar-refractivity contribution in [2.75, 3.05) is 6.54 Å². The molecule has 0 radical (unpaired) electrons. The van der Waals surface area contributed by atoms with Crippen molar-refractivity contribution in [1.82, 2.24) is 4.90 Å². The third-order valence-electron chi connectivity index (χ3n) is 3.71. The highest BCUT2D eigenvalue weighted by Crippen LogP contribution is 2.29. The van der Waals surface area contributed by atoms with E-state index in [-0.39, 0.29) is 5.92 Å². The van der Waals surface area contributed by atoms with Crippen LogP contribution in [0, 0.1) is 5.92 Å². The topological polar surface area (TPSA) is 66.8 Å². The lowest BCUT2D eigenvalue weighted by Gasteiger charge is -2.26. The number of ether oxygens (including phenoxy) is 1. The SMILES string of the molecule is CC(C)(C)OC(=O)N1C[C@H](Cc2cccc(Br)c2)C[C@H]1C(=O)O. The summed E-state index contributed by atoms with van der Waals surface area (Å²) in [5, 5.41) is 9.40. The van der Waals surface area contributed by atoms with Crippen molar-refractivity contribution in [2.45, 2.75) is 45.3 Å². The monoisotopic (exact) mass is 383 g/mol. The number of nitrogens with zero attached hydrogens (tertiary/aromatic N) is 1. The molecule has 126 valence electrons. The van der Waals surface area contributed by atoms with E-state index >= 15 is 0 Å². The van der Waals surface area contributed by atoms with Gasteiger partial charge >= 0.3 is 12.1 Å². The van der Waals surface area contributed by atoms with Crippen LogP contribution in [0.25, 0.3) is 0 Å². The molecule has 0 unspecified atom stereocenters. The summed E-state index contributed by atoms with van der Waals surface area (Å²) in [6.45, 7) is 5.72. The molecule has 1 amide bonds. The van der Waals surface area contributed by atoms with Crippen molar-refractivity contribution in [3.05, 3.63) is 34.3 Å². The van der Waals surface area contributed by atoms with Gasteiger partial charge in [-0.15, -0.1) is 0 Å². The normalized spacial score (nSPS) is 21.3. The van der Waals surface area contributed by atoms with Gasteiger partial charge in [0, 0.05) is 11.0 Å². The average molecular weight is 384 g/mol. The second kappa shape index (κ2) is 6.91. The molecule has 5 nitrogen and oxygen atoms in total. The largest absolute Gasteiger partial charge is 0.480 e. The van der Waals surface area contributed by atoms with E-state index in [0.717, 1.165) is 16.5 Å². The Bertz CT molecular complexity index is 597. The molecule has 2 atom stereocenters. The molecule has 2 rings (SSSR count). The molecule has 0 bridgehead atoms. The Morgan fingerprint density at radius 2 is 2.09 bits per heavy atom. The van der Waals surface area contributed by atoms with Crippen LogP contribution >= 0.6 is 15.9 Å². The first kappa shape index (κ1) is 17.8. The zero-order valence-electron chi connectivity index (χ0n) is 13.6. The van der Waals surface area contributed by atoms with E-state index < -0.39 is 23.7 Å². The smallest absolute Gasteiger partial charge is 0.411 e. The quantitative estimate of drug-likeness (QED) is 0.863. The second-order valence-corrected chi connectivity index (χ2v) is 7.84. The fourth-order valence-corrected chi connectivity index (χ4v) is 3.27. The van der Waals surface area contributed by atoms with E-state index in [1.807, 2.05) is 24.3 Å². The first-order valence-corrected chi connectivity index (χ1v) is 8.42. The molecule has 1 aliphatic rings. The number of benzene rings is 1. The maximum Gasteiger partial charge on any atom is 0.411 e. The number of carbonyl (C=O) groups is 2. The first-order valence-electron chi connectivity index (χ1n) is 7.62. The number of carbonyl (C=O) groups excluding carboxylic acids is 1. The van der Waals surface area contributed by atoms with Crippen LogP contribution in [0.5, 0.6) is 0 Å². The van der Waals surface area contributed by atoms with Gasteiger partial charge in [-0.25, -0.2) is 9.59 Å². The Balaban J connectivity index is 2.08. The highest BCUT2D eigenvalue weighted by atomic mass is 79.9. The highest BCUT2D eigenvalue weighted by molar-refractivity contribution is 9.10. The molecule has 0 aliphatic carbocycles. The van der Waals surface area contributed by atoms with Crippen molar-refractivity contribution >= 4 is 28.0 Å². The number of rotatable bonds is 3. The van der Waals surface area contributed by atoms with Crippen LogP contribution < -0.4 is 0 Å². The molecular weight excluding hydrogens is 362 g/mol. The predicted octanol–water partition coefficient (Wildman–Crippen LogP) is 3.70. The molecule has 1 aliphatic heterocycles. The summed E-state index contributed by atoms with van der Waals surface area (Å²) < 4.78 is 6.33. The van der Waals surface area contributed by atoms with Crippen LogP contribution in [0.4, 0.5) is 4.79 Å². The average Bonchev–Trinajstić information content (AvgIpc) is 2.81. The van der Waals surface area contributed by atoms with Crippen LogP contribution in [0.1, 0.15) is 32.8 Å². The number of likely N-dealkylation sites (tertiary alicyclic amines) is 1. The molecule has 1 saturated heterocycles. The molecule has 0 spiro atoms. The second-order valence-electron chi connectivity index (χ2n) is 6.92. The van der Waals surface area contributed by atoms with E-state index in [9.17, 15) is 14.7 Å². The van der Waals surface area contributed by atoms with Gasteiger partial charge in [-0.3, -0.25) is 4.90 Å². The number of aliphatic carboxylic acids is 1. The molecule has 1 aromatic carbocycles. The minimum atomic E-state index is -0.979. The van der Waals surface area contributed by atoms with E-state index in [1.165, 1.54) is 4.90 Å². The van der Waals surface area contributed by atoms with Gasteiger partial charge in [0.25, 0.3) is 0 Å². The Labute approximate surface area is 144 Å². The standard InChI is InChI=1S/C17H22BrNO4/c1-17(2,3)23-16(22)19-10-12(9-14(19)15(20)21)7-11-5-4-6-13(18)8-11/h4-6,8,12,14H,7,9-10H2,1-3H3,(H,20,21)/t12-,14+/m1/s1. The predicted molar refractivity (Wildman–Crippen MR) is 90.3 cm³/mol. The number of halogens is 1. The summed E-state index contributed by atoms with van der Waals surface area (Å²) >= 11 is 3.44. The zero-order chi connectivity index (χ0) is 17.2. The summed E-state index contributed by atoms with van der Waals surface area (Å²) in [6, 6.07) is 7.12. The van der Waals surface area contributed by atoms with Crippen molar-refractivity contribution < 1.29 is 19.4 Å². The van der Waals surface area contributed by atoms with Crippen LogP contribution in [0.2, 0.25) is 0 Å². The highest BCUT2D eigenvalue weighted by Gasteiger charge is 2.41. The van der Waals surface area contributed by atoms with Gasteiger partial charge in [-0.05, 0) is 57.2 Å². The van der Waals surface area contributed by atoms with Crippen molar-refractivity contribution in [2.24, 2.45) is 5.92 Å². The van der Waals surface area contributed by atoms with Gasteiger partial charge in [0.1, 0.15) is 11.6 Å². The molecule has 23 heavy (non-hydrogen) atoms. The molecule has 1 fully saturated rings. The lowest BCUT2D eigenvalue weighted by Crippen LogP contribution is -2.43. The molecule has 0 saturated carbocycles. The van der Waals surface area contributed by atoms with Crippen LogP contribution in [0.3, 0.4) is 0 Å². The lowest BCUT2D eigenvalue weighted by molar-refractivity contribution is -0.142. The molecule has 0 aromatic heterocycles. The minimum Gasteiger partial charge on any atom is -0.480 e. The number of carboxylic acids is 1. The lowest BCUT2D eigenvalue weighted by atomic mass is 9.97. The van der Waals surface area contributed by atoms with Gasteiger partial charge < -0.3 is 9.84 Å². The summed E-state index contributed by atoms with van der Waals surface area (Å²) in [5.41, 5.74) is 0.488. The van der Waals surface area contributed by atoms with Crippen molar-refractivity contribution in [3.8, 4) is 0 Å². The summed E-state index contributed by atoms with van der Waals surface area (Å²) in [5.74, 6) is -0.870. The molecule has 1 heterocycles. The van der Waals surface area contributed by atoms with E-state index in [4.69, 9.17) is 4.74 Å². The number of hydrogen-bond donors (Lipinski definition) is 1. The Kier molecular flexibility index (Phi) is 5.34. The number of amides is 1. The summed E-state index contributed by atoms with van der Waals surface area (Å²) in [6.07, 6.45) is 0.630. The van der Waals surface area contributed by atoms with Crippen molar-refractivity contribution in [3.63, 3.8) is 0 Å². The Hall–Kier alpha value is -1.56. The Morgan fingerprint density at radius 1 is 1.39 bits per heavy atom. The van der Waals surface area contributed by atoms with Gasteiger partial charge in [-0.2, -0.15) is 0 Å². The van der Waals surface area contributed by atoms with Crippen LogP contribution in [-0.2, 0) is 16.0 Å². The van der Waals surface area contributed by atoms with E-state index in [2.05, 4.69) is 15.9 Å². The van der Waals surface area contributed by atoms with Crippen molar-refractivity contribution in [1.29, 1.82) is 0 Å². The minimum absolute atomic E-state index is 0.109. The maximum absolute atomic E-state index is 12.3. The molecule has 1 N–H and O–H groups in total. The first-order chi connectivity index (χ1) is 10.7. The fraction of sp³-hybridized carbons (Fsp3) is 0.529. The van der Waals surface area contributed by atoms with Crippen LogP contribution in [0.15, 0.2) is 28.7 Å². The maximum atomic E-state index is 12.3. The van der Waals surface area contributed by atoms with Gasteiger partial charge in [0.15, 0.2) is 0 Å². The number of carboxylic acid groups (broad SMARTS) is 1. The Morgan fingerprint density at radius 3 is 2.65 bits per heavy atom. The third-order valence-corrected chi connectivity index (χ3v) is 4.21. The summed E-state index contributed by atoms with van der Waals surface area (Å²) in [4.78, 5) is 25.1. The molecule has 1 aromatic rings.